The van der Waals surface area contributed by atoms with Crippen molar-refractivity contribution in [3.63, 3.8) is 0 Å². The quantitative estimate of drug-likeness (QED) is 0.680. The van der Waals surface area contributed by atoms with Crippen molar-refractivity contribution in [2.45, 2.75) is 26.8 Å². The van der Waals surface area contributed by atoms with Gasteiger partial charge in [-0.05, 0) is 41.3 Å². The lowest BCUT2D eigenvalue weighted by Gasteiger charge is -2.25. The van der Waals surface area contributed by atoms with Gasteiger partial charge in [0.2, 0.25) is 5.91 Å². The first-order valence-electron chi connectivity index (χ1n) is 8.06. The predicted octanol–water partition coefficient (Wildman–Crippen LogP) is 3.68. The predicted molar refractivity (Wildman–Crippen MR) is 97.5 cm³/mol. The fourth-order valence-corrected chi connectivity index (χ4v) is 2.62. The molecule has 3 aromatic rings. The van der Waals surface area contributed by atoms with Crippen LogP contribution in [0.25, 0.3) is 22.2 Å². The number of aromatic nitrogens is 2. The van der Waals surface area contributed by atoms with E-state index in [2.05, 4.69) is 15.3 Å². The molecular formula is C19H21FN4O. The van der Waals surface area contributed by atoms with E-state index in [-0.39, 0.29) is 11.3 Å². The number of benzene rings is 1. The second-order valence-corrected chi connectivity index (χ2v) is 7.13. The van der Waals surface area contributed by atoms with Crippen molar-refractivity contribution in [1.82, 2.24) is 9.97 Å². The van der Waals surface area contributed by atoms with Crippen LogP contribution in [0.15, 0.2) is 42.7 Å². The Balaban J connectivity index is 1.89. The Morgan fingerprint density at radius 1 is 1.24 bits per heavy atom. The molecule has 1 amide bonds. The summed E-state index contributed by atoms with van der Waals surface area (Å²) in [7, 11) is 0. The molecule has 3 rings (SSSR count). The van der Waals surface area contributed by atoms with Crippen LogP contribution in [0.4, 0.5) is 10.1 Å². The molecule has 0 aliphatic carbocycles. The molecular weight excluding hydrogens is 319 g/mol. The number of hydrogen-bond donors (Lipinski definition) is 3. The standard InChI is InChI=1S/C19H21FN4O/c1-19(2,3)16(21)18(25)24-11-4-5-13(15(20)10-11)12-6-8-22-17-14(12)7-9-23-17/h4-10,16H,21H2,1-3H3,(H,22,23)(H,24,25)/t16-/m0/s1. The molecule has 0 saturated carbocycles. The lowest BCUT2D eigenvalue weighted by Crippen LogP contribution is -2.45. The van der Waals surface area contributed by atoms with E-state index in [9.17, 15) is 9.18 Å². The number of nitrogens with zero attached hydrogens (tertiary/aromatic N) is 1. The second-order valence-electron chi connectivity index (χ2n) is 7.13. The zero-order valence-corrected chi connectivity index (χ0v) is 14.4. The van der Waals surface area contributed by atoms with E-state index < -0.39 is 11.9 Å². The summed E-state index contributed by atoms with van der Waals surface area (Å²) in [5, 5.41) is 3.52. The number of amides is 1. The summed E-state index contributed by atoms with van der Waals surface area (Å²) in [4.78, 5) is 19.4. The molecule has 130 valence electrons. The molecule has 4 N–H and O–H groups in total. The van der Waals surface area contributed by atoms with E-state index in [1.54, 1.807) is 30.6 Å². The zero-order valence-electron chi connectivity index (χ0n) is 14.4. The molecule has 0 fully saturated rings. The first kappa shape index (κ1) is 17.1. The van der Waals surface area contributed by atoms with Gasteiger partial charge < -0.3 is 16.0 Å². The smallest absolute Gasteiger partial charge is 0.241 e. The first-order valence-corrected chi connectivity index (χ1v) is 8.06. The van der Waals surface area contributed by atoms with Gasteiger partial charge in [0.25, 0.3) is 0 Å². The minimum absolute atomic E-state index is 0.336. The molecule has 25 heavy (non-hydrogen) atoms. The number of nitrogens with one attached hydrogen (secondary N) is 2. The lowest BCUT2D eigenvalue weighted by molar-refractivity contribution is -0.119. The molecule has 0 unspecified atom stereocenters. The van der Waals surface area contributed by atoms with Crippen LogP contribution in [0.1, 0.15) is 20.8 Å². The monoisotopic (exact) mass is 340 g/mol. The first-order chi connectivity index (χ1) is 11.8. The minimum Gasteiger partial charge on any atom is -0.346 e. The van der Waals surface area contributed by atoms with Crippen LogP contribution in [0.5, 0.6) is 0 Å². The van der Waals surface area contributed by atoms with E-state index in [1.165, 1.54) is 6.07 Å². The largest absolute Gasteiger partial charge is 0.346 e. The third kappa shape index (κ3) is 3.39. The number of anilines is 1. The fraction of sp³-hybridized carbons (Fsp3) is 0.263. The van der Waals surface area contributed by atoms with Gasteiger partial charge >= 0.3 is 0 Å². The summed E-state index contributed by atoms with van der Waals surface area (Å²) in [5.41, 5.74) is 7.83. The Hall–Kier alpha value is -2.73. The SMILES string of the molecule is CC(C)(C)[C@@H](N)C(=O)Nc1ccc(-c2ccnc3[nH]ccc23)c(F)c1. The molecule has 1 atom stereocenters. The maximum absolute atomic E-state index is 14.6. The zero-order chi connectivity index (χ0) is 18.2. The Bertz CT molecular complexity index is 927. The highest BCUT2D eigenvalue weighted by Crippen LogP contribution is 2.30. The van der Waals surface area contributed by atoms with Gasteiger partial charge in [0.1, 0.15) is 11.5 Å². The number of fused-ring (bicyclic) bond motifs is 1. The number of carbonyl (C=O) groups excluding carboxylic acids is 1. The number of H-pyrrole nitrogens is 1. The third-order valence-electron chi connectivity index (χ3n) is 4.20. The summed E-state index contributed by atoms with van der Waals surface area (Å²) in [6, 6.07) is 7.56. The van der Waals surface area contributed by atoms with Crippen LogP contribution in [0, 0.1) is 11.2 Å². The van der Waals surface area contributed by atoms with E-state index in [0.717, 1.165) is 10.9 Å². The van der Waals surface area contributed by atoms with Gasteiger partial charge in [0, 0.05) is 29.0 Å². The Morgan fingerprint density at radius 3 is 2.68 bits per heavy atom. The van der Waals surface area contributed by atoms with Gasteiger partial charge in [-0.2, -0.15) is 0 Å². The molecule has 1 aromatic carbocycles. The topological polar surface area (TPSA) is 83.8 Å². The number of nitrogens with two attached hydrogens (primary N) is 1. The maximum atomic E-state index is 14.6. The van der Waals surface area contributed by atoms with Crippen molar-refractivity contribution in [3.05, 3.63) is 48.5 Å². The van der Waals surface area contributed by atoms with Crippen molar-refractivity contribution in [1.29, 1.82) is 0 Å². The average molecular weight is 340 g/mol. The van der Waals surface area contributed by atoms with Crippen molar-refractivity contribution in [2.75, 3.05) is 5.32 Å². The van der Waals surface area contributed by atoms with Crippen molar-refractivity contribution >= 4 is 22.6 Å². The number of rotatable bonds is 3. The molecule has 0 radical (unpaired) electrons. The van der Waals surface area contributed by atoms with E-state index in [0.29, 0.717) is 16.9 Å². The van der Waals surface area contributed by atoms with Crippen LogP contribution in [0.2, 0.25) is 0 Å². The summed E-state index contributed by atoms with van der Waals surface area (Å²) in [6.07, 6.45) is 3.40. The molecule has 0 bridgehead atoms. The van der Waals surface area contributed by atoms with E-state index in [1.807, 2.05) is 26.8 Å². The van der Waals surface area contributed by atoms with Crippen molar-refractivity contribution in [2.24, 2.45) is 11.1 Å². The Morgan fingerprint density at radius 2 is 2.00 bits per heavy atom. The highest BCUT2D eigenvalue weighted by molar-refractivity contribution is 5.96. The Labute approximate surface area is 145 Å². The molecule has 0 aliphatic rings. The van der Waals surface area contributed by atoms with Gasteiger partial charge in [-0.3, -0.25) is 4.79 Å². The van der Waals surface area contributed by atoms with Crippen molar-refractivity contribution < 1.29 is 9.18 Å². The van der Waals surface area contributed by atoms with Gasteiger partial charge in [0.15, 0.2) is 0 Å². The molecule has 0 spiro atoms. The van der Waals surface area contributed by atoms with Crippen molar-refractivity contribution in [3.8, 4) is 11.1 Å². The Kier molecular flexibility index (Phi) is 4.30. The third-order valence-corrected chi connectivity index (χ3v) is 4.20. The number of hydrogen-bond acceptors (Lipinski definition) is 3. The van der Waals surface area contributed by atoms with Crippen LogP contribution in [0.3, 0.4) is 0 Å². The molecule has 5 nitrogen and oxygen atoms in total. The van der Waals surface area contributed by atoms with E-state index in [4.69, 9.17) is 5.73 Å². The summed E-state index contributed by atoms with van der Waals surface area (Å²) in [5.74, 6) is -0.757. The van der Waals surface area contributed by atoms with Crippen LogP contribution < -0.4 is 11.1 Å². The highest BCUT2D eigenvalue weighted by Gasteiger charge is 2.27. The second kappa shape index (κ2) is 6.29. The van der Waals surface area contributed by atoms with Gasteiger partial charge in [0.05, 0.1) is 6.04 Å². The van der Waals surface area contributed by atoms with Crippen LogP contribution in [-0.2, 0) is 4.79 Å². The molecule has 0 saturated heterocycles. The van der Waals surface area contributed by atoms with Gasteiger partial charge in [-0.15, -0.1) is 0 Å². The van der Waals surface area contributed by atoms with Gasteiger partial charge in [-0.25, -0.2) is 9.37 Å². The molecule has 0 aliphatic heterocycles. The summed E-state index contributed by atoms with van der Waals surface area (Å²) in [6.45, 7) is 5.64. The number of aromatic amines is 1. The molecule has 6 heteroatoms. The number of pyridine rings is 1. The minimum atomic E-state index is -0.685. The maximum Gasteiger partial charge on any atom is 0.241 e. The highest BCUT2D eigenvalue weighted by atomic mass is 19.1. The lowest BCUT2D eigenvalue weighted by atomic mass is 9.87. The average Bonchev–Trinajstić information content (AvgIpc) is 3.02. The number of carbonyl (C=O) groups is 1. The van der Waals surface area contributed by atoms with Crippen LogP contribution in [-0.4, -0.2) is 21.9 Å². The number of halogens is 1. The molecule has 2 aromatic heterocycles. The van der Waals surface area contributed by atoms with Crippen LogP contribution >= 0.6 is 0 Å². The summed E-state index contributed by atoms with van der Waals surface area (Å²) < 4.78 is 14.6. The van der Waals surface area contributed by atoms with Gasteiger partial charge in [-0.1, -0.05) is 20.8 Å². The fourth-order valence-electron chi connectivity index (χ4n) is 2.62. The molecule has 2 heterocycles. The van der Waals surface area contributed by atoms with E-state index >= 15 is 0 Å². The normalized spacial score (nSPS) is 13.0. The summed E-state index contributed by atoms with van der Waals surface area (Å²) >= 11 is 0.